The van der Waals surface area contributed by atoms with Gasteiger partial charge in [-0.25, -0.2) is 4.79 Å². The molecule has 0 radical (unpaired) electrons. The first kappa shape index (κ1) is 47.6. The quantitative estimate of drug-likeness (QED) is 0.0572. The third-order valence-electron chi connectivity index (χ3n) is 13.2. The molecule has 0 aliphatic carbocycles. The first-order valence-corrected chi connectivity index (χ1v) is 23.4. The summed E-state index contributed by atoms with van der Waals surface area (Å²) in [5.41, 5.74) is 1.78. The lowest BCUT2D eigenvalue weighted by Crippen LogP contribution is -2.43. The molecule has 2 aliphatic rings. The number of amides is 2. The topological polar surface area (TPSA) is 194 Å². The lowest BCUT2D eigenvalue weighted by molar-refractivity contribution is -0.164. The summed E-state index contributed by atoms with van der Waals surface area (Å²) in [4.78, 5) is 58.8. The van der Waals surface area contributed by atoms with Crippen LogP contribution in [0.4, 0.5) is 0 Å². The van der Waals surface area contributed by atoms with Crippen LogP contribution in [0.15, 0.2) is 138 Å². The zero-order valence-electron chi connectivity index (χ0n) is 38.0. The number of nitrogens with zero attached hydrogens (tertiary/aromatic N) is 2. The Bertz CT molecular complexity index is 2700. The lowest BCUT2D eigenvalue weighted by Gasteiger charge is -2.33. The van der Waals surface area contributed by atoms with E-state index < -0.39 is 17.7 Å². The van der Waals surface area contributed by atoms with Crippen molar-refractivity contribution in [2.75, 3.05) is 52.5 Å². The molecule has 0 unspecified atom stereocenters. The van der Waals surface area contributed by atoms with Gasteiger partial charge in [0, 0.05) is 61.8 Å². The second-order valence-corrected chi connectivity index (χ2v) is 17.9. The highest BCUT2D eigenvalue weighted by Gasteiger charge is 2.42. The maximum atomic E-state index is 13.9. The number of nitrogens with one attached hydrogen (secondary N) is 3. The van der Waals surface area contributed by atoms with Gasteiger partial charge in [0.25, 0.3) is 11.8 Å². The number of phenols is 1. The second kappa shape index (κ2) is 22.3. The summed E-state index contributed by atoms with van der Waals surface area (Å²) in [5.74, 6) is -0.477. The second-order valence-electron chi connectivity index (χ2n) is 17.9. The molecule has 354 valence electrons. The first-order valence-electron chi connectivity index (χ1n) is 23.4. The number of aliphatic hydroxyl groups excluding tert-OH is 1. The predicted octanol–water partition coefficient (Wildman–Crippen LogP) is 5.80. The van der Waals surface area contributed by atoms with Crippen molar-refractivity contribution in [3.63, 3.8) is 0 Å². The average molecular weight is 922 g/mol. The van der Waals surface area contributed by atoms with Gasteiger partial charge in [-0.1, -0.05) is 91.0 Å². The summed E-state index contributed by atoms with van der Waals surface area (Å²) < 4.78 is 11.8. The molecule has 2 amide bonds. The average Bonchev–Trinajstić information content (AvgIpc) is 3.38. The Balaban J connectivity index is 0.762. The zero-order valence-corrected chi connectivity index (χ0v) is 38.0. The van der Waals surface area contributed by atoms with Gasteiger partial charge >= 0.3 is 5.97 Å². The van der Waals surface area contributed by atoms with Crippen molar-refractivity contribution >= 4 is 28.7 Å². The molecule has 0 bridgehead atoms. The number of aromatic nitrogens is 1. The normalized spacial score (nSPS) is 16.2. The van der Waals surface area contributed by atoms with Crippen LogP contribution in [0, 0.1) is 11.8 Å². The number of likely N-dealkylation sites (tertiary alicyclic amines) is 2. The van der Waals surface area contributed by atoms with Crippen LogP contribution in [0.5, 0.6) is 11.5 Å². The van der Waals surface area contributed by atoms with E-state index in [-0.39, 0.29) is 65.8 Å². The van der Waals surface area contributed by atoms with Crippen molar-refractivity contribution in [3.05, 3.63) is 177 Å². The summed E-state index contributed by atoms with van der Waals surface area (Å²) in [6, 6.07) is 39.0. The summed E-state index contributed by atoms with van der Waals surface area (Å²) in [6.45, 7) is 4.87. The minimum atomic E-state index is -2.10. The molecule has 3 heterocycles. The maximum Gasteiger partial charge on any atom is 0.347 e. The van der Waals surface area contributed by atoms with E-state index in [2.05, 4.69) is 32.7 Å². The molecule has 1 aromatic heterocycles. The van der Waals surface area contributed by atoms with Crippen molar-refractivity contribution in [2.45, 2.75) is 50.5 Å². The van der Waals surface area contributed by atoms with Crippen molar-refractivity contribution < 1.29 is 39.2 Å². The molecule has 2 aliphatic heterocycles. The van der Waals surface area contributed by atoms with Crippen LogP contribution in [0.25, 0.3) is 10.9 Å². The zero-order chi connectivity index (χ0) is 47.5. The third kappa shape index (κ3) is 11.8. The van der Waals surface area contributed by atoms with Gasteiger partial charge in [-0.15, -0.1) is 0 Å². The molecule has 6 N–H and O–H groups in total. The van der Waals surface area contributed by atoms with Gasteiger partial charge in [-0.2, -0.15) is 0 Å². The number of hydrogen-bond donors (Lipinski definition) is 6. The molecule has 8 rings (SSSR count). The van der Waals surface area contributed by atoms with Gasteiger partial charge in [-0.3, -0.25) is 19.3 Å². The Hall–Kier alpha value is -6.84. The van der Waals surface area contributed by atoms with Crippen LogP contribution >= 0.6 is 0 Å². The van der Waals surface area contributed by atoms with Crippen LogP contribution in [0.2, 0.25) is 0 Å². The van der Waals surface area contributed by atoms with E-state index in [0.717, 1.165) is 50.9 Å². The van der Waals surface area contributed by atoms with Crippen LogP contribution < -0.4 is 20.9 Å². The highest BCUT2D eigenvalue weighted by molar-refractivity contribution is 5.94. The molecule has 0 spiro atoms. The van der Waals surface area contributed by atoms with Gasteiger partial charge in [0.1, 0.15) is 11.5 Å². The van der Waals surface area contributed by atoms with E-state index in [1.165, 1.54) is 17.7 Å². The number of hydrogen-bond acceptors (Lipinski definition) is 11. The largest absolute Gasteiger partial charge is 0.506 e. The Morgan fingerprint density at radius 1 is 0.765 bits per heavy atom. The highest BCUT2D eigenvalue weighted by Crippen LogP contribution is 2.34. The Morgan fingerprint density at radius 3 is 2.19 bits per heavy atom. The van der Waals surface area contributed by atoms with E-state index in [1.807, 2.05) is 36.4 Å². The molecule has 68 heavy (non-hydrogen) atoms. The van der Waals surface area contributed by atoms with Crippen molar-refractivity contribution in [1.82, 2.24) is 25.4 Å². The van der Waals surface area contributed by atoms with E-state index in [1.54, 1.807) is 77.7 Å². The minimum absolute atomic E-state index is 0.0686. The molecule has 14 nitrogen and oxygen atoms in total. The van der Waals surface area contributed by atoms with E-state index >= 15 is 0 Å². The highest BCUT2D eigenvalue weighted by atomic mass is 16.5. The first-order chi connectivity index (χ1) is 33.0. The van der Waals surface area contributed by atoms with Gasteiger partial charge < -0.3 is 45.3 Å². The SMILES string of the molecule is O=C(NCC1CCN(C(=O)COc2cccc([C@](O)(C(=O)OCC3CCN(Cc4ccccc4)CC3)c3ccccc3)c2)CC1)c1ccc(CNC[C@H](O)c2ccc(O)c3[nH]c(=O)ccc23)cc1. The monoisotopic (exact) mass is 921 g/mol. The standard InChI is InChI=1S/C54H59N5O9/c60-47-20-18-45(46-19-21-49(62)57-51(46)47)48(61)33-55-31-37-14-16-41(17-15-37)52(64)56-32-38-24-28-59(29-25-38)50(63)36-67-44-13-7-12-43(30-44)54(66,42-10-5-2-6-11-42)53(65)68-35-40-22-26-58(27-23-40)34-39-8-3-1-4-9-39/h1-21,30,38,40,48,55,60-61,66H,22-29,31-36H2,(H,56,64)(H,57,62)/t48-,54-/m0/s1. The van der Waals surface area contributed by atoms with Crippen LogP contribution in [-0.2, 0) is 33.0 Å². The van der Waals surface area contributed by atoms with Crippen LogP contribution in [0.3, 0.4) is 0 Å². The summed E-state index contributed by atoms with van der Waals surface area (Å²) in [6.07, 6.45) is 2.32. The fourth-order valence-corrected chi connectivity index (χ4v) is 9.09. The number of aromatic hydroxyl groups is 1. The number of benzene rings is 5. The number of aliphatic hydroxyl groups is 2. The molecular formula is C54H59N5O9. The number of ether oxygens (including phenoxy) is 2. The smallest absolute Gasteiger partial charge is 0.347 e. The third-order valence-corrected chi connectivity index (χ3v) is 13.2. The molecule has 6 aromatic rings. The van der Waals surface area contributed by atoms with Gasteiger partial charge in [0.15, 0.2) is 6.61 Å². The number of H-pyrrole nitrogens is 1. The van der Waals surface area contributed by atoms with E-state index in [4.69, 9.17) is 9.47 Å². The Labute approximate surface area is 395 Å². The molecule has 0 saturated carbocycles. The number of phenolic OH excluding ortho intramolecular Hbond substituents is 1. The molecule has 2 saturated heterocycles. The summed E-state index contributed by atoms with van der Waals surface area (Å²) >= 11 is 0. The number of fused-ring (bicyclic) bond motifs is 1. The van der Waals surface area contributed by atoms with E-state index in [0.29, 0.717) is 54.0 Å². The number of carbonyl (C=O) groups is 3. The van der Waals surface area contributed by atoms with E-state index in [9.17, 15) is 34.5 Å². The van der Waals surface area contributed by atoms with Gasteiger partial charge in [-0.05, 0) is 109 Å². The number of rotatable bonds is 18. The number of carbonyl (C=O) groups excluding carboxylic acids is 3. The lowest BCUT2D eigenvalue weighted by atomic mass is 9.86. The number of aromatic amines is 1. The predicted molar refractivity (Wildman–Crippen MR) is 258 cm³/mol. The van der Waals surface area contributed by atoms with Gasteiger partial charge in [0.05, 0.1) is 18.2 Å². The molecule has 2 atom stereocenters. The summed E-state index contributed by atoms with van der Waals surface area (Å²) in [5, 5.41) is 40.0. The number of esters is 1. The molecular weight excluding hydrogens is 863 g/mol. The van der Waals surface area contributed by atoms with Crippen molar-refractivity contribution in [1.29, 1.82) is 0 Å². The van der Waals surface area contributed by atoms with Crippen molar-refractivity contribution in [2.24, 2.45) is 11.8 Å². The molecule has 14 heteroatoms. The Morgan fingerprint density at radius 2 is 1.46 bits per heavy atom. The van der Waals surface area contributed by atoms with Gasteiger partial charge in [0.2, 0.25) is 11.2 Å². The fraction of sp³-hybridized carbons (Fsp3) is 0.333. The maximum absolute atomic E-state index is 13.9. The molecule has 2 fully saturated rings. The number of piperidine rings is 2. The van der Waals surface area contributed by atoms with Crippen LogP contribution in [0.1, 0.15) is 70.0 Å². The molecule has 5 aromatic carbocycles. The minimum Gasteiger partial charge on any atom is -0.506 e. The summed E-state index contributed by atoms with van der Waals surface area (Å²) in [7, 11) is 0. The Kier molecular flexibility index (Phi) is 15.6. The van der Waals surface area contributed by atoms with Crippen molar-refractivity contribution in [3.8, 4) is 11.5 Å². The van der Waals surface area contributed by atoms with Crippen LogP contribution in [-0.4, -0.2) is 100 Å². The fourth-order valence-electron chi connectivity index (χ4n) is 9.09. The number of pyridine rings is 1.